The maximum Gasteiger partial charge on any atom is 0.227 e. The third-order valence-electron chi connectivity index (χ3n) is 3.73. The van der Waals surface area contributed by atoms with Gasteiger partial charge in [0, 0.05) is 18.4 Å². The summed E-state index contributed by atoms with van der Waals surface area (Å²) < 4.78 is 18.7. The Hall–Kier alpha value is -2.21. The average Bonchev–Trinajstić information content (AvgIpc) is 2.94. The maximum absolute atomic E-state index is 13.2. The van der Waals surface area contributed by atoms with E-state index in [0.29, 0.717) is 25.3 Å². The molecule has 2 aromatic rings. The third-order valence-corrected chi connectivity index (χ3v) is 3.73. The molecule has 1 fully saturated rings. The van der Waals surface area contributed by atoms with Gasteiger partial charge < -0.3 is 14.6 Å². The minimum absolute atomic E-state index is 0.0482. The zero-order valence-electron chi connectivity index (χ0n) is 12.4. The van der Waals surface area contributed by atoms with E-state index in [1.807, 2.05) is 6.92 Å². The molecular weight excluding hydrogens is 285 g/mol. The van der Waals surface area contributed by atoms with Gasteiger partial charge >= 0.3 is 0 Å². The van der Waals surface area contributed by atoms with E-state index in [-0.39, 0.29) is 24.2 Å². The number of amides is 1. The number of imidazole rings is 1. The molecule has 6 heteroatoms. The van der Waals surface area contributed by atoms with E-state index in [2.05, 4.69) is 9.97 Å². The first-order valence-electron chi connectivity index (χ1n) is 7.26. The molecule has 1 aliphatic rings. The van der Waals surface area contributed by atoms with Gasteiger partial charge in [0.15, 0.2) is 0 Å². The quantitative estimate of drug-likeness (QED) is 0.943. The summed E-state index contributed by atoms with van der Waals surface area (Å²) in [7, 11) is 0. The highest BCUT2D eigenvalue weighted by Gasteiger charge is 2.30. The minimum Gasteiger partial charge on any atom is -0.377 e. The number of rotatable bonds is 3. The van der Waals surface area contributed by atoms with Gasteiger partial charge in [-0.15, -0.1) is 0 Å². The van der Waals surface area contributed by atoms with Crippen molar-refractivity contribution in [3.63, 3.8) is 0 Å². The smallest absolute Gasteiger partial charge is 0.227 e. The molecule has 1 saturated heterocycles. The van der Waals surface area contributed by atoms with Crippen LogP contribution < -0.4 is 0 Å². The van der Waals surface area contributed by atoms with Crippen LogP contribution in [0.3, 0.4) is 0 Å². The van der Waals surface area contributed by atoms with Gasteiger partial charge in [-0.2, -0.15) is 0 Å². The van der Waals surface area contributed by atoms with Crippen molar-refractivity contribution in [1.29, 1.82) is 0 Å². The van der Waals surface area contributed by atoms with Crippen LogP contribution >= 0.6 is 0 Å². The zero-order valence-corrected chi connectivity index (χ0v) is 12.4. The molecule has 0 unspecified atom stereocenters. The predicted octanol–water partition coefficient (Wildman–Crippen LogP) is 2.00. The van der Waals surface area contributed by atoms with Crippen LogP contribution in [0.25, 0.3) is 0 Å². The zero-order chi connectivity index (χ0) is 15.5. The summed E-state index contributed by atoms with van der Waals surface area (Å²) in [5.74, 6) is 0.350. The lowest BCUT2D eigenvalue weighted by atomic mass is 10.1. The Bertz CT molecular complexity index is 671. The first-order chi connectivity index (χ1) is 10.6. The number of nitrogens with zero attached hydrogens (tertiary/aromatic N) is 2. The molecule has 0 bridgehead atoms. The van der Waals surface area contributed by atoms with Crippen molar-refractivity contribution in [1.82, 2.24) is 14.9 Å². The second-order valence-electron chi connectivity index (χ2n) is 5.44. The van der Waals surface area contributed by atoms with Crippen LogP contribution in [0.1, 0.15) is 23.1 Å². The fourth-order valence-electron chi connectivity index (χ4n) is 2.65. The molecule has 22 heavy (non-hydrogen) atoms. The average molecular weight is 303 g/mol. The van der Waals surface area contributed by atoms with Gasteiger partial charge in [-0.05, 0) is 24.6 Å². The van der Waals surface area contributed by atoms with Crippen LogP contribution in [0, 0.1) is 12.7 Å². The van der Waals surface area contributed by atoms with Crippen LogP contribution in [0.2, 0.25) is 0 Å². The lowest BCUT2D eigenvalue weighted by Crippen LogP contribution is -2.44. The molecule has 0 radical (unpaired) electrons. The van der Waals surface area contributed by atoms with Crippen LogP contribution in [-0.4, -0.2) is 40.5 Å². The fraction of sp³-hybridized carbons (Fsp3) is 0.375. The van der Waals surface area contributed by atoms with Crippen molar-refractivity contribution in [2.24, 2.45) is 0 Å². The molecule has 1 amide bonds. The molecule has 0 saturated carbocycles. The van der Waals surface area contributed by atoms with Gasteiger partial charge in [0.1, 0.15) is 17.7 Å². The van der Waals surface area contributed by atoms with E-state index < -0.39 is 0 Å². The van der Waals surface area contributed by atoms with Gasteiger partial charge in [-0.3, -0.25) is 4.79 Å². The number of halogens is 1. The van der Waals surface area contributed by atoms with Crippen LogP contribution in [-0.2, 0) is 16.0 Å². The van der Waals surface area contributed by atoms with E-state index in [9.17, 15) is 9.18 Å². The number of carbonyl (C=O) groups excluding carboxylic acids is 1. The first kappa shape index (κ1) is 14.7. The largest absolute Gasteiger partial charge is 0.377 e. The number of aryl methyl sites for hydroxylation is 1. The third kappa shape index (κ3) is 3.17. The summed E-state index contributed by atoms with van der Waals surface area (Å²) in [6.07, 6.45) is 1.91. The first-order valence-corrected chi connectivity index (χ1v) is 7.26. The lowest BCUT2D eigenvalue weighted by Gasteiger charge is -2.34. The Kier molecular flexibility index (Phi) is 4.20. The summed E-state index contributed by atoms with van der Waals surface area (Å²) in [6, 6.07) is 5.92. The molecular formula is C16H18FN3O2. The van der Waals surface area contributed by atoms with E-state index in [4.69, 9.17) is 4.74 Å². The molecule has 1 aliphatic heterocycles. The minimum atomic E-state index is -0.328. The number of aromatic amines is 1. The second kappa shape index (κ2) is 6.27. The molecule has 1 aromatic carbocycles. The van der Waals surface area contributed by atoms with Crippen LogP contribution in [0.15, 0.2) is 30.5 Å². The van der Waals surface area contributed by atoms with Crippen molar-refractivity contribution in [2.75, 3.05) is 19.8 Å². The molecule has 3 rings (SSSR count). The lowest BCUT2D eigenvalue weighted by molar-refractivity contribution is -0.139. The van der Waals surface area contributed by atoms with Gasteiger partial charge in [0.2, 0.25) is 5.91 Å². The van der Waals surface area contributed by atoms with E-state index in [1.54, 1.807) is 23.2 Å². The Morgan fingerprint density at radius 3 is 3.14 bits per heavy atom. The number of nitrogens with one attached hydrogen (secondary N) is 1. The topological polar surface area (TPSA) is 58.2 Å². The van der Waals surface area contributed by atoms with E-state index in [1.165, 1.54) is 12.1 Å². The SMILES string of the molecule is Cc1cnc([C@@H]2COCCN2C(=O)Cc2cccc(F)c2)[nH]1. The van der Waals surface area contributed by atoms with Crippen molar-refractivity contribution in [3.8, 4) is 0 Å². The summed E-state index contributed by atoms with van der Waals surface area (Å²) >= 11 is 0. The standard InChI is InChI=1S/C16H18FN3O2/c1-11-9-18-16(19-11)14-10-22-6-5-20(14)15(21)8-12-3-2-4-13(17)7-12/h2-4,7,9,14H,5-6,8,10H2,1H3,(H,18,19)/t14-/m0/s1. The molecule has 0 aliphatic carbocycles. The number of ether oxygens (including phenoxy) is 1. The Labute approximate surface area is 128 Å². The summed E-state index contributed by atoms with van der Waals surface area (Å²) in [5.41, 5.74) is 1.61. The Balaban J connectivity index is 1.76. The Morgan fingerprint density at radius 1 is 1.55 bits per heavy atom. The number of aromatic nitrogens is 2. The van der Waals surface area contributed by atoms with Gasteiger partial charge in [-0.1, -0.05) is 12.1 Å². The van der Waals surface area contributed by atoms with Gasteiger partial charge in [0.25, 0.3) is 0 Å². The fourth-order valence-corrected chi connectivity index (χ4v) is 2.65. The molecule has 2 heterocycles. The Morgan fingerprint density at radius 2 is 2.41 bits per heavy atom. The van der Waals surface area contributed by atoms with Crippen molar-refractivity contribution >= 4 is 5.91 Å². The summed E-state index contributed by atoms with van der Waals surface area (Å²) in [5, 5.41) is 0. The van der Waals surface area contributed by atoms with Crippen LogP contribution in [0.5, 0.6) is 0 Å². The van der Waals surface area contributed by atoms with Crippen molar-refractivity contribution < 1.29 is 13.9 Å². The number of hydrogen-bond donors (Lipinski definition) is 1. The van der Waals surface area contributed by atoms with E-state index >= 15 is 0 Å². The van der Waals surface area contributed by atoms with Crippen molar-refractivity contribution in [2.45, 2.75) is 19.4 Å². The molecule has 1 N–H and O–H groups in total. The highest BCUT2D eigenvalue weighted by molar-refractivity contribution is 5.79. The molecule has 1 atom stereocenters. The molecule has 5 nitrogen and oxygen atoms in total. The number of H-pyrrole nitrogens is 1. The van der Waals surface area contributed by atoms with E-state index in [0.717, 1.165) is 11.5 Å². The van der Waals surface area contributed by atoms with Gasteiger partial charge in [0.05, 0.1) is 19.6 Å². The predicted molar refractivity (Wildman–Crippen MR) is 78.7 cm³/mol. The molecule has 1 aromatic heterocycles. The summed E-state index contributed by atoms with van der Waals surface area (Å²) in [6.45, 7) is 3.35. The van der Waals surface area contributed by atoms with Gasteiger partial charge in [-0.25, -0.2) is 9.37 Å². The number of hydrogen-bond acceptors (Lipinski definition) is 3. The molecule has 116 valence electrons. The molecule has 0 spiro atoms. The monoisotopic (exact) mass is 303 g/mol. The van der Waals surface area contributed by atoms with Crippen molar-refractivity contribution in [3.05, 3.63) is 53.4 Å². The number of morpholine rings is 1. The number of benzene rings is 1. The normalized spacial score (nSPS) is 18.5. The highest BCUT2D eigenvalue weighted by Crippen LogP contribution is 2.23. The summed E-state index contributed by atoms with van der Waals surface area (Å²) in [4.78, 5) is 21.8. The van der Waals surface area contributed by atoms with Crippen LogP contribution in [0.4, 0.5) is 4.39 Å². The number of carbonyl (C=O) groups is 1. The highest BCUT2D eigenvalue weighted by atomic mass is 19.1. The maximum atomic E-state index is 13.2. The second-order valence-corrected chi connectivity index (χ2v) is 5.44.